The molecule has 1 fully saturated rings. The minimum atomic E-state index is -0.0896. The number of thiocarbonyl (C=S) groups is 1. The largest absolute Gasteiger partial charge is 0.351 e. The molecule has 0 amide bonds. The Labute approximate surface area is 200 Å². The van der Waals surface area contributed by atoms with E-state index in [1.807, 2.05) is 30.6 Å². The average Bonchev–Trinajstić information content (AvgIpc) is 3.39. The van der Waals surface area contributed by atoms with Crippen LogP contribution in [0.15, 0.2) is 85.3 Å². The molecule has 5 nitrogen and oxygen atoms in total. The van der Waals surface area contributed by atoms with Gasteiger partial charge in [-0.2, -0.15) is 0 Å². The number of nitrogens with zero attached hydrogens (tertiary/aromatic N) is 4. The topological polar surface area (TPSA) is 46.0 Å². The maximum absolute atomic E-state index is 5.89. The summed E-state index contributed by atoms with van der Waals surface area (Å²) < 4.78 is 2.26. The molecule has 1 N–H and O–H groups in total. The molecule has 0 spiro atoms. The smallest absolute Gasteiger partial charge is 0.174 e. The van der Waals surface area contributed by atoms with Gasteiger partial charge in [0.2, 0.25) is 0 Å². The first-order chi connectivity index (χ1) is 16.0. The highest BCUT2D eigenvalue weighted by atomic mass is 32.1. The molecule has 5 rings (SSSR count). The van der Waals surface area contributed by atoms with Crippen molar-refractivity contribution in [2.24, 2.45) is 0 Å². The van der Waals surface area contributed by atoms with Gasteiger partial charge >= 0.3 is 0 Å². The molecule has 6 heteroatoms. The summed E-state index contributed by atoms with van der Waals surface area (Å²) in [6, 6.07) is 23.0. The van der Waals surface area contributed by atoms with Crippen LogP contribution in [0.1, 0.15) is 54.5 Å². The van der Waals surface area contributed by atoms with Gasteiger partial charge in [0.05, 0.1) is 23.6 Å². The Bertz CT molecular complexity index is 1250. The van der Waals surface area contributed by atoms with E-state index in [-0.39, 0.29) is 12.1 Å². The number of rotatable bonds is 5. The van der Waals surface area contributed by atoms with Gasteiger partial charge in [-0.15, -0.1) is 0 Å². The third-order valence-corrected chi connectivity index (χ3v) is 6.56. The van der Waals surface area contributed by atoms with Gasteiger partial charge < -0.3 is 14.8 Å². The predicted octanol–water partition coefficient (Wildman–Crippen LogP) is 5.88. The molecule has 1 aliphatic heterocycles. The van der Waals surface area contributed by atoms with Gasteiger partial charge in [-0.3, -0.25) is 9.97 Å². The van der Waals surface area contributed by atoms with Crippen molar-refractivity contribution in [1.29, 1.82) is 0 Å². The molecule has 1 saturated heterocycles. The monoisotopic (exact) mass is 453 g/mol. The van der Waals surface area contributed by atoms with E-state index in [1.165, 1.54) is 5.56 Å². The fraction of sp³-hybridized carbons (Fsp3) is 0.222. The summed E-state index contributed by atoms with van der Waals surface area (Å²) in [7, 11) is 0. The lowest BCUT2D eigenvalue weighted by Crippen LogP contribution is -2.30. The van der Waals surface area contributed by atoms with Crippen molar-refractivity contribution in [2.45, 2.75) is 38.8 Å². The van der Waals surface area contributed by atoms with Gasteiger partial charge in [0, 0.05) is 29.5 Å². The summed E-state index contributed by atoms with van der Waals surface area (Å²) in [6.45, 7) is 6.54. The Morgan fingerprint density at radius 3 is 2.39 bits per heavy atom. The molecule has 0 aliphatic carbocycles. The molecule has 4 heterocycles. The van der Waals surface area contributed by atoms with Crippen molar-refractivity contribution in [3.8, 4) is 5.69 Å². The van der Waals surface area contributed by atoms with Crippen molar-refractivity contribution in [3.63, 3.8) is 0 Å². The minimum Gasteiger partial charge on any atom is -0.351 e. The summed E-state index contributed by atoms with van der Waals surface area (Å²) in [5.74, 6) is 0.477. The molecule has 0 radical (unpaired) electrons. The molecular weight excluding hydrogens is 426 g/mol. The Balaban J connectivity index is 1.67. The standard InChI is InChI=1S/C27H27N5S/c1-18(2)20-10-12-21(13-11-20)32-26(25(30-27(32)33)23-8-4-5-16-29-23)24-14-9-19(3)31(24)22-7-6-15-28-17-22/h4-18,25-26H,1-3H3,(H,30,33)/t25-,26+/m0/s1. The molecule has 0 unspecified atom stereocenters. The summed E-state index contributed by atoms with van der Waals surface area (Å²) >= 11 is 5.89. The second-order valence-electron chi connectivity index (χ2n) is 8.69. The van der Waals surface area contributed by atoms with E-state index in [4.69, 9.17) is 12.2 Å². The molecule has 2 atom stereocenters. The van der Waals surface area contributed by atoms with E-state index in [1.54, 1.807) is 6.20 Å². The van der Waals surface area contributed by atoms with Crippen LogP contribution in [0.5, 0.6) is 0 Å². The lowest BCUT2D eigenvalue weighted by Gasteiger charge is -2.29. The Hall–Kier alpha value is -3.51. The molecule has 1 aromatic carbocycles. The molecule has 4 aromatic rings. The minimum absolute atomic E-state index is 0.0776. The highest BCUT2D eigenvalue weighted by Gasteiger charge is 2.42. The van der Waals surface area contributed by atoms with Crippen molar-refractivity contribution in [3.05, 3.63) is 108 Å². The fourth-order valence-electron chi connectivity index (χ4n) is 4.58. The van der Waals surface area contributed by atoms with Gasteiger partial charge in [0.15, 0.2) is 5.11 Å². The predicted molar refractivity (Wildman–Crippen MR) is 137 cm³/mol. The molecule has 3 aromatic heterocycles. The molecular formula is C27H27N5S. The zero-order chi connectivity index (χ0) is 22.9. The molecule has 0 bridgehead atoms. The zero-order valence-electron chi connectivity index (χ0n) is 19.0. The number of anilines is 1. The van der Waals surface area contributed by atoms with Crippen molar-refractivity contribution < 1.29 is 0 Å². The first-order valence-corrected chi connectivity index (χ1v) is 11.6. The van der Waals surface area contributed by atoms with Crippen molar-refractivity contribution in [2.75, 3.05) is 4.90 Å². The van der Waals surface area contributed by atoms with Crippen LogP contribution < -0.4 is 10.2 Å². The summed E-state index contributed by atoms with van der Waals surface area (Å²) in [5, 5.41) is 4.26. The van der Waals surface area contributed by atoms with E-state index < -0.39 is 0 Å². The first kappa shape index (κ1) is 21.3. The SMILES string of the molecule is Cc1ccc([C@@H]2[C@H](c3ccccn3)NC(=S)N2c2ccc(C(C)C)cc2)n1-c1cccnc1. The van der Waals surface area contributed by atoms with Gasteiger partial charge in [-0.1, -0.05) is 32.0 Å². The van der Waals surface area contributed by atoms with E-state index in [9.17, 15) is 0 Å². The van der Waals surface area contributed by atoms with E-state index in [2.05, 4.69) is 94.1 Å². The maximum Gasteiger partial charge on any atom is 0.174 e. The van der Waals surface area contributed by atoms with E-state index in [0.29, 0.717) is 11.0 Å². The van der Waals surface area contributed by atoms with Gasteiger partial charge in [0.25, 0.3) is 0 Å². The summed E-state index contributed by atoms with van der Waals surface area (Å²) in [6.07, 6.45) is 5.53. The lowest BCUT2D eigenvalue weighted by atomic mass is 9.99. The average molecular weight is 454 g/mol. The first-order valence-electron chi connectivity index (χ1n) is 11.2. The summed E-state index contributed by atoms with van der Waals surface area (Å²) in [4.78, 5) is 11.3. The lowest BCUT2D eigenvalue weighted by molar-refractivity contribution is 0.548. The van der Waals surface area contributed by atoms with Crippen LogP contribution in [0.3, 0.4) is 0 Å². The van der Waals surface area contributed by atoms with Crippen LogP contribution in [0, 0.1) is 6.92 Å². The Morgan fingerprint density at radius 1 is 0.909 bits per heavy atom. The number of hydrogen-bond acceptors (Lipinski definition) is 3. The summed E-state index contributed by atoms with van der Waals surface area (Å²) in [5.41, 5.74) is 6.65. The number of aromatic nitrogens is 3. The highest BCUT2D eigenvalue weighted by Crippen LogP contribution is 2.42. The molecule has 166 valence electrons. The quantitative estimate of drug-likeness (QED) is 0.383. The Morgan fingerprint density at radius 2 is 1.73 bits per heavy atom. The van der Waals surface area contributed by atoms with Crippen LogP contribution in [0.4, 0.5) is 5.69 Å². The second-order valence-corrected chi connectivity index (χ2v) is 9.08. The zero-order valence-corrected chi connectivity index (χ0v) is 19.8. The van der Waals surface area contributed by atoms with Crippen molar-refractivity contribution >= 4 is 23.0 Å². The number of benzene rings is 1. The van der Waals surface area contributed by atoms with Gasteiger partial charge in [-0.25, -0.2) is 0 Å². The Kier molecular flexibility index (Phi) is 5.68. The maximum atomic E-state index is 5.89. The number of hydrogen-bond donors (Lipinski definition) is 1. The highest BCUT2D eigenvalue weighted by molar-refractivity contribution is 7.80. The van der Waals surface area contributed by atoms with Crippen LogP contribution in [-0.2, 0) is 0 Å². The van der Waals surface area contributed by atoms with E-state index >= 15 is 0 Å². The molecule has 1 aliphatic rings. The molecule has 33 heavy (non-hydrogen) atoms. The number of aryl methyl sites for hydroxylation is 1. The third kappa shape index (κ3) is 3.91. The van der Waals surface area contributed by atoms with Crippen LogP contribution >= 0.6 is 12.2 Å². The van der Waals surface area contributed by atoms with Crippen LogP contribution in [-0.4, -0.2) is 19.6 Å². The van der Waals surface area contributed by atoms with Gasteiger partial charge in [-0.05, 0) is 79.2 Å². The number of nitrogens with one attached hydrogen (secondary N) is 1. The van der Waals surface area contributed by atoms with Crippen LogP contribution in [0.25, 0.3) is 5.69 Å². The fourth-order valence-corrected chi connectivity index (χ4v) is 4.93. The van der Waals surface area contributed by atoms with Crippen molar-refractivity contribution in [1.82, 2.24) is 19.9 Å². The second kappa shape index (κ2) is 8.79. The van der Waals surface area contributed by atoms with E-state index in [0.717, 1.165) is 28.5 Å². The van der Waals surface area contributed by atoms with Gasteiger partial charge in [0.1, 0.15) is 6.04 Å². The molecule has 0 saturated carbocycles. The normalized spacial score (nSPS) is 18.1. The third-order valence-electron chi connectivity index (χ3n) is 6.25. The van der Waals surface area contributed by atoms with Crippen LogP contribution in [0.2, 0.25) is 0 Å². The number of pyridine rings is 2.